The maximum absolute atomic E-state index is 15.5. The van der Waals surface area contributed by atoms with Crippen LogP contribution in [0.2, 0.25) is 0 Å². The third-order valence-corrected chi connectivity index (χ3v) is 5.37. The molecule has 1 unspecified atom stereocenters. The summed E-state index contributed by atoms with van der Waals surface area (Å²) in [6, 6.07) is 0. The summed E-state index contributed by atoms with van der Waals surface area (Å²) in [6.07, 6.45) is 5.27. The van der Waals surface area contributed by atoms with Crippen LogP contribution < -0.4 is 10.1 Å². The molecule has 148 valence electrons. The van der Waals surface area contributed by atoms with Gasteiger partial charge in [-0.1, -0.05) is 0 Å². The Morgan fingerprint density at radius 2 is 2.03 bits per heavy atom. The quantitative estimate of drug-likeness (QED) is 0.627. The van der Waals surface area contributed by atoms with E-state index in [1.165, 1.54) is 12.5 Å². The lowest BCUT2D eigenvalue weighted by atomic mass is 9.88. The molecule has 1 amide bonds. The number of halogens is 1. The number of aliphatic hydroxyl groups excluding tert-OH is 1. The van der Waals surface area contributed by atoms with E-state index in [-0.39, 0.29) is 17.7 Å². The van der Waals surface area contributed by atoms with Crippen LogP contribution in [0.3, 0.4) is 0 Å². The summed E-state index contributed by atoms with van der Waals surface area (Å²) in [6.45, 7) is 2.10. The second-order valence-electron chi connectivity index (χ2n) is 7.18. The molecule has 1 aliphatic heterocycles. The number of aliphatic hydroxyl groups is 1. The molecule has 0 spiro atoms. The highest BCUT2D eigenvalue weighted by molar-refractivity contribution is 6.00. The van der Waals surface area contributed by atoms with Crippen LogP contribution >= 0.6 is 0 Å². The van der Waals surface area contributed by atoms with E-state index in [1.54, 1.807) is 13.1 Å². The Balaban J connectivity index is 1.61. The highest BCUT2D eigenvalue weighted by atomic mass is 19.1. The summed E-state index contributed by atoms with van der Waals surface area (Å²) in [5, 5.41) is 12.7. The van der Waals surface area contributed by atoms with E-state index in [0.717, 1.165) is 16.8 Å². The van der Waals surface area contributed by atoms with Crippen LogP contribution in [0.5, 0.6) is 11.8 Å². The number of H-pyrrole nitrogens is 1. The van der Waals surface area contributed by atoms with E-state index in [1.807, 2.05) is 0 Å². The molecule has 8 nitrogen and oxygen atoms in total. The van der Waals surface area contributed by atoms with Gasteiger partial charge in [0, 0.05) is 36.6 Å². The van der Waals surface area contributed by atoms with Crippen LogP contribution in [0.25, 0.3) is 11.3 Å². The van der Waals surface area contributed by atoms with Gasteiger partial charge < -0.3 is 20.1 Å². The second-order valence-corrected chi connectivity index (χ2v) is 7.18. The number of aromatic nitrogens is 4. The van der Waals surface area contributed by atoms with Gasteiger partial charge in [-0.2, -0.15) is 0 Å². The van der Waals surface area contributed by atoms with Gasteiger partial charge >= 0.3 is 0 Å². The molecule has 0 bridgehead atoms. The zero-order valence-corrected chi connectivity index (χ0v) is 15.6. The third kappa shape index (κ3) is 2.77. The van der Waals surface area contributed by atoms with Crippen molar-refractivity contribution in [3.8, 4) is 23.0 Å². The number of amides is 1. The number of pyridine rings is 1. The van der Waals surface area contributed by atoms with Gasteiger partial charge in [0.25, 0.3) is 11.8 Å². The molecule has 1 atom stereocenters. The molecule has 0 fully saturated rings. The van der Waals surface area contributed by atoms with E-state index in [0.29, 0.717) is 48.2 Å². The molecule has 0 aromatic carbocycles. The summed E-state index contributed by atoms with van der Waals surface area (Å²) in [7, 11) is 0. The SMILES string of the molecule is CC(O)c1cncnc1Oc1ncc2c(c1F)-c1[nH]c3c(c1CC2)C(=O)NCC3. The summed E-state index contributed by atoms with van der Waals surface area (Å²) in [5.74, 6) is -0.949. The van der Waals surface area contributed by atoms with E-state index >= 15 is 4.39 Å². The Hall–Kier alpha value is -3.33. The molecule has 0 saturated carbocycles. The Morgan fingerprint density at radius 3 is 2.86 bits per heavy atom. The maximum Gasteiger partial charge on any atom is 0.258 e. The molecule has 3 aromatic heterocycles. The Kier molecular flexibility index (Phi) is 4.06. The largest absolute Gasteiger partial charge is 0.417 e. The lowest BCUT2D eigenvalue weighted by molar-refractivity contribution is 0.0945. The van der Waals surface area contributed by atoms with Crippen molar-refractivity contribution in [2.45, 2.75) is 32.3 Å². The number of fused-ring (bicyclic) bond motifs is 5. The molecule has 0 radical (unpaired) electrons. The van der Waals surface area contributed by atoms with Crippen molar-refractivity contribution < 1.29 is 19.0 Å². The van der Waals surface area contributed by atoms with Crippen LogP contribution in [-0.2, 0) is 19.3 Å². The summed E-state index contributed by atoms with van der Waals surface area (Å²) < 4.78 is 21.1. The van der Waals surface area contributed by atoms with Crippen LogP contribution in [0.1, 0.15) is 45.8 Å². The number of carbonyl (C=O) groups excluding carboxylic acids is 1. The average Bonchev–Trinajstić information content (AvgIpc) is 3.10. The van der Waals surface area contributed by atoms with Crippen molar-refractivity contribution in [3.05, 3.63) is 52.5 Å². The fourth-order valence-corrected chi connectivity index (χ4v) is 4.00. The normalized spacial score (nSPS) is 15.8. The second kappa shape index (κ2) is 6.63. The summed E-state index contributed by atoms with van der Waals surface area (Å²) in [5.41, 5.74) is 4.34. The molecule has 3 aromatic rings. The van der Waals surface area contributed by atoms with Gasteiger partial charge in [0.2, 0.25) is 5.88 Å². The molecule has 1 aliphatic carbocycles. The van der Waals surface area contributed by atoms with Crippen molar-refractivity contribution in [2.75, 3.05) is 6.54 Å². The molecular weight excluding hydrogens is 377 g/mol. The number of nitrogens with zero attached hydrogens (tertiary/aromatic N) is 3. The van der Waals surface area contributed by atoms with E-state index in [4.69, 9.17) is 4.74 Å². The Labute approximate surface area is 165 Å². The van der Waals surface area contributed by atoms with Crippen molar-refractivity contribution in [2.24, 2.45) is 0 Å². The first-order valence-corrected chi connectivity index (χ1v) is 9.40. The van der Waals surface area contributed by atoms with E-state index in [2.05, 4.69) is 25.3 Å². The highest BCUT2D eigenvalue weighted by Gasteiger charge is 2.32. The van der Waals surface area contributed by atoms with Gasteiger partial charge in [0.15, 0.2) is 5.82 Å². The van der Waals surface area contributed by atoms with Crippen LogP contribution in [0.15, 0.2) is 18.7 Å². The topological polar surface area (TPSA) is 113 Å². The van der Waals surface area contributed by atoms with Crippen molar-refractivity contribution in [3.63, 3.8) is 0 Å². The number of carbonyl (C=O) groups is 1. The van der Waals surface area contributed by atoms with Gasteiger partial charge in [-0.25, -0.2) is 19.3 Å². The third-order valence-electron chi connectivity index (χ3n) is 5.37. The lowest BCUT2D eigenvalue weighted by Gasteiger charge is -2.19. The number of hydrogen-bond acceptors (Lipinski definition) is 6. The fraction of sp³-hybridized carbons (Fsp3) is 0.300. The molecule has 0 saturated heterocycles. The number of hydrogen-bond donors (Lipinski definition) is 3. The first-order chi connectivity index (χ1) is 14.0. The zero-order chi connectivity index (χ0) is 20.1. The van der Waals surface area contributed by atoms with E-state index in [9.17, 15) is 9.90 Å². The number of aryl methyl sites for hydroxylation is 1. The van der Waals surface area contributed by atoms with Gasteiger partial charge in [0.05, 0.1) is 22.9 Å². The Morgan fingerprint density at radius 1 is 1.17 bits per heavy atom. The predicted octanol–water partition coefficient (Wildman–Crippen LogP) is 2.24. The summed E-state index contributed by atoms with van der Waals surface area (Å²) in [4.78, 5) is 27.6. The molecule has 5 rings (SSSR count). The highest BCUT2D eigenvalue weighted by Crippen LogP contribution is 2.41. The average molecular weight is 395 g/mol. The summed E-state index contributed by atoms with van der Waals surface area (Å²) >= 11 is 0. The van der Waals surface area contributed by atoms with Gasteiger partial charge in [0.1, 0.15) is 6.33 Å². The number of nitrogens with one attached hydrogen (secondary N) is 2. The van der Waals surface area contributed by atoms with Gasteiger partial charge in [-0.3, -0.25) is 4.79 Å². The molecule has 9 heteroatoms. The lowest BCUT2D eigenvalue weighted by Crippen LogP contribution is -2.32. The number of ether oxygens (including phenoxy) is 1. The van der Waals surface area contributed by atoms with Crippen molar-refractivity contribution in [1.29, 1.82) is 0 Å². The molecule has 4 heterocycles. The van der Waals surface area contributed by atoms with Crippen molar-refractivity contribution in [1.82, 2.24) is 25.3 Å². The molecular formula is C20H18FN5O3. The van der Waals surface area contributed by atoms with E-state index < -0.39 is 11.9 Å². The van der Waals surface area contributed by atoms with Gasteiger partial charge in [-0.05, 0) is 30.9 Å². The van der Waals surface area contributed by atoms with Crippen LogP contribution in [0, 0.1) is 5.82 Å². The van der Waals surface area contributed by atoms with Crippen LogP contribution in [0.4, 0.5) is 4.39 Å². The fourth-order valence-electron chi connectivity index (χ4n) is 4.00. The maximum atomic E-state index is 15.5. The molecule has 2 aliphatic rings. The molecule has 3 N–H and O–H groups in total. The van der Waals surface area contributed by atoms with Crippen molar-refractivity contribution >= 4 is 5.91 Å². The van der Waals surface area contributed by atoms with Crippen LogP contribution in [-0.4, -0.2) is 37.5 Å². The Bertz CT molecular complexity index is 1140. The minimum absolute atomic E-state index is 0.0440. The standard InChI is InChI=1S/C20H18FN5O3/c1-9(27)12-7-22-8-25-19(12)29-20-16(21)14-10(6-24-20)2-3-11-15-13(26-17(11)14)4-5-23-18(15)28/h6-9,26-27H,2-5H2,1H3,(H,23,28). The smallest absolute Gasteiger partial charge is 0.258 e. The number of aromatic amines is 1. The first kappa shape index (κ1) is 17.7. The monoisotopic (exact) mass is 395 g/mol. The minimum Gasteiger partial charge on any atom is -0.417 e. The minimum atomic E-state index is -0.882. The first-order valence-electron chi connectivity index (χ1n) is 9.40. The van der Waals surface area contributed by atoms with Gasteiger partial charge in [-0.15, -0.1) is 0 Å². The zero-order valence-electron chi connectivity index (χ0n) is 15.6. The predicted molar refractivity (Wildman–Crippen MR) is 100 cm³/mol. The molecule has 29 heavy (non-hydrogen) atoms. The number of rotatable bonds is 3.